The predicted octanol–water partition coefficient (Wildman–Crippen LogP) is 3.08. The van der Waals surface area contributed by atoms with Crippen molar-refractivity contribution in [2.75, 3.05) is 25.5 Å². The van der Waals surface area contributed by atoms with Gasteiger partial charge >= 0.3 is 0 Å². The van der Waals surface area contributed by atoms with E-state index in [0.29, 0.717) is 22.5 Å². The lowest BCUT2D eigenvalue weighted by atomic mass is 9.96. The lowest BCUT2D eigenvalue weighted by molar-refractivity contribution is 0.0844. The van der Waals surface area contributed by atoms with Crippen molar-refractivity contribution < 1.29 is 20.1 Å². The number of nitrogens with zero attached hydrogens (tertiary/aromatic N) is 2. The van der Waals surface area contributed by atoms with Gasteiger partial charge < -0.3 is 20.9 Å². The molecule has 1 aliphatic heterocycles. The zero-order chi connectivity index (χ0) is 25.2. The number of benzene rings is 2. The van der Waals surface area contributed by atoms with Crippen molar-refractivity contribution in [1.29, 1.82) is 0 Å². The molecule has 2 heterocycles. The maximum absolute atomic E-state index is 12.7. The first kappa shape index (κ1) is 16.4. The Bertz CT molecular complexity index is 1180. The topological polar surface area (TPSA) is 110 Å². The van der Waals surface area contributed by atoms with Crippen molar-refractivity contribution in [3.05, 3.63) is 77.6 Å². The molecule has 1 fully saturated rings. The Morgan fingerprint density at radius 2 is 1.90 bits per heavy atom. The lowest BCUT2D eigenvalue weighted by Crippen LogP contribution is -2.30. The summed E-state index contributed by atoms with van der Waals surface area (Å²) < 4.78 is 36.4. The van der Waals surface area contributed by atoms with Gasteiger partial charge in [-0.3, -0.25) is 4.79 Å². The van der Waals surface area contributed by atoms with E-state index in [4.69, 9.17) is 16.0 Å². The van der Waals surface area contributed by atoms with Gasteiger partial charge in [0.25, 0.3) is 5.91 Å². The normalized spacial score (nSPS) is 20.5. The number of aliphatic hydroxyl groups is 1. The van der Waals surface area contributed by atoms with E-state index in [-0.39, 0.29) is 31.2 Å². The van der Waals surface area contributed by atoms with Gasteiger partial charge in [-0.25, -0.2) is 9.97 Å². The summed E-state index contributed by atoms with van der Waals surface area (Å²) in [4.78, 5) is 21.5. The number of anilines is 1. The van der Waals surface area contributed by atoms with Crippen molar-refractivity contribution in [2.24, 2.45) is 0 Å². The van der Waals surface area contributed by atoms with E-state index in [1.54, 1.807) is 24.3 Å². The van der Waals surface area contributed by atoms with Gasteiger partial charge in [0.2, 0.25) is 0 Å². The number of hydrogen-bond donors (Lipinski definition) is 3. The van der Waals surface area contributed by atoms with Gasteiger partial charge in [0, 0.05) is 30.2 Å². The number of nitrogen functional groups attached to an aromatic ring is 1. The number of ether oxygens (including phenoxy) is 1. The predicted molar refractivity (Wildman–Crippen MR) is 118 cm³/mol. The Kier molecular flexibility index (Phi) is 5.12. The molecule has 1 saturated heterocycles. The van der Waals surface area contributed by atoms with E-state index in [1.807, 2.05) is 30.3 Å². The molecule has 1 unspecified atom stereocenters. The van der Waals surface area contributed by atoms with Crippen molar-refractivity contribution in [3.8, 4) is 11.3 Å². The van der Waals surface area contributed by atoms with Crippen molar-refractivity contribution in [3.63, 3.8) is 0 Å². The average Bonchev–Trinajstić information content (AvgIpc) is 2.81. The SMILES string of the molecule is [2H]C1([2H])CC(c2cnc(N)c(-c3ccc(C(=O)NC(CO)c4ccccc4)cc3)n2)CC([2H])([2H])O1. The van der Waals surface area contributed by atoms with Crippen LogP contribution in [0.2, 0.25) is 0 Å². The largest absolute Gasteiger partial charge is 0.394 e. The fourth-order valence-corrected chi connectivity index (χ4v) is 3.38. The quantitative estimate of drug-likeness (QED) is 0.563. The Balaban J connectivity index is 1.54. The number of aliphatic hydroxyl groups excluding tert-OH is 1. The van der Waals surface area contributed by atoms with Crippen LogP contribution in [0.4, 0.5) is 5.82 Å². The van der Waals surface area contributed by atoms with Gasteiger partial charge in [-0.1, -0.05) is 42.5 Å². The van der Waals surface area contributed by atoms with E-state index in [0.717, 1.165) is 5.56 Å². The van der Waals surface area contributed by atoms with E-state index < -0.39 is 25.1 Å². The van der Waals surface area contributed by atoms with E-state index in [2.05, 4.69) is 15.3 Å². The second kappa shape index (κ2) is 9.68. The molecule has 0 radical (unpaired) electrons. The molecular weight excluding hydrogens is 392 g/mol. The van der Waals surface area contributed by atoms with Gasteiger partial charge in [-0.15, -0.1) is 0 Å². The summed E-state index contributed by atoms with van der Waals surface area (Å²) in [5.41, 5.74) is 8.61. The third kappa shape index (κ3) is 4.90. The smallest absolute Gasteiger partial charge is 0.251 e. The number of carbonyl (C=O) groups is 1. The summed E-state index contributed by atoms with van der Waals surface area (Å²) >= 11 is 0. The molecule has 1 aromatic heterocycles. The maximum Gasteiger partial charge on any atom is 0.251 e. The number of aromatic nitrogens is 2. The highest BCUT2D eigenvalue weighted by Crippen LogP contribution is 2.29. The number of nitrogens with one attached hydrogen (secondary N) is 1. The second-order valence-electron chi connectivity index (χ2n) is 7.22. The van der Waals surface area contributed by atoms with Crippen molar-refractivity contribution in [2.45, 2.75) is 24.8 Å². The third-order valence-corrected chi connectivity index (χ3v) is 5.15. The number of carbonyl (C=O) groups excluding carboxylic acids is 1. The van der Waals surface area contributed by atoms with Gasteiger partial charge in [-0.2, -0.15) is 0 Å². The fraction of sp³-hybridized carbons (Fsp3) is 0.292. The Hall–Kier alpha value is -3.29. The second-order valence-corrected chi connectivity index (χ2v) is 7.22. The van der Waals surface area contributed by atoms with Crippen LogP contribution in [0.15, 0.2) is 60.8 Å². The minimum absolute atomic E-state index is 0.0584. The van der Waals surface area contributed by atoms with Crippen LogP contribution in [0.1, 0.15) is 51.9 Å². The summed E-state index contributed by atoms with van der Waals surface area (Å²) in [7, 11) is 0. The molecule has 160 valence electrons. The summed E-state index contributed by atoms with van der Waals surface area (Å²) in [6, 6.07) is 15.2. The Labute approximate surface area is 186 Å². The highest BCUT2D eigenvalue weighted by Gasteiger charge is 2.20. The number of amides is 1. The summed E-state index contributed by atoms with van der Waals surface area (Å²) in [5, 5.41) is 12.5. The molecule has 7 heteroatoms. The standard InChI is InChI=1S/C24H26N4O3/c25-23-22(27-20(14-26-23)17-10-12-31-13-11-17)18-6-8-19(9-7-18)24(30)28-21(15-29)16-4-2-1-3-5-16/h1-9,14,17,21,29H,10-13,15H2,(H2,25,26)(H,28,30)/i12D2,13D2. The van der Waals surface area contributed by atoms with E-state index >= 15 is 0 Å². The molecule has 0 bridgehead atoms. The Morgan fingerprint density at radius 1 is 1.19 bits per heavy atom. The molecule has 1 amide bonds. The summed E-state index contributed by atoms with van der Waals surface area (Å²) in [6.45, 7) is -4.50. The van der Waals surface area contributed by atoms with Crippen LogP contribution in [0, 0.1) is 0 Å². The van der Waals surface area contributed by atoms with Gasteiger partial charge in [0.1, 0.15) is 11.5 Å². The molecule has 4 rings (SSSR count). The number of hydrogen-bond acceptors (Lipinski definition) is 6. The van der Waals surface area contributed by atoms with Gasteiger partial charge in [0.05, 0.1) is 30.0 Å². The van der Waals surface area contributed by atoms with Crippen LogP contribution >= 0.6 is 0 Å². The molecule has 2 aromatic carbocycles. The minimum Gasteiger partial charge on any atom is -0.394 e. The van der Waals surface area contributed by atoms with Crippen LogP contribution in [0.5, 0.6) is 0 Å². The average molecular weight is 423 g/mol. The first-order valence-electron chi connectivity index (χ1n) is 12.0. The number of rotatable bonds is 6. The zero-order valence-corrected chi connectivity index (χ0v) is 16.8. The van der Waals surface area contributed by atoms with Crippen molar-refractivity contribution >= 4 is 11.7 Å². The van der Waals surface area contributed by atoms with Gasteiger partial charge in [-0.05, 0) is 30.5 Å². The first-order chi connectivity index (χ1) is 16.6. The lowest BCUT2D eigenvalue weighted by Gasteiger charge is -2.22. The number of nitrogens with two attached hydrogens (primary N) is 1. The molecule has 0 saturated carbocycles. The first-order valence-corrected chi connectivity index (χ1v) is 9.96. The van der Waals surface area contributed by atoms with Crippen LogP contribution in [0.3, 0.4) is 0 Å². The van der Waals surface area contributed by atoms with E-state index in [1.165, 1.54) is 6.20 Å². The van der Waals surface area contributed by atoms with Crippen LogP contribution in [-0.2, 0) is 4.74 Å². The molecule has 31 heavy (non-hydrogen) atoms. The highest BCUT2D eigenvalue weighted by molar-refractivity contribution is 5.95. The molecule has 3 aromatic rings. The molecular formula is C24H26N4O3. The molecule has 1 aliphatic rings. The van der Waals surface area contributed by atoms with Gasteiger partial charge in [0.15, 0.2) is 0 Å². The third-order valence-electron chi connectivity index (χ3n) is 5.15. The van der Waals surface area contributed by atoms with Crippen LogP contribution < -0.4 is 11.1 Å². The molecule has 0 aliphatic carbocycles. The minimum atomic E-state index is -2.13. The van der Waals surface area contributed by atoms with Crippen molar-refractivity contribution in [1.82, 2.24) is 15.3 Å². The van der Waals surface area contributed by atoms with Crippen LogP contribution in [-0.4, -0.2) is 40.7 Å². The fourth-order valence-electron chi connectivity index (χ4n) is 3.38. The molecule has 0 spiro atoms. The molecule has 1 atom stereocenters. The highest BCUT2D eigenvalue weighted by atomic mass is 16.5. The zero-order valence-electron chi connectivity index (χ0n) is 20.8. The summed E-state index contributed by atoms with van der Waals surface area (Å²) in [5.74, 6) is -0.730. The summed E-state index contributed by atoms with van der Waals surface area (Å²) in [6.07, 6.45) is 1.32. The van der Waals surface area contributed by atoms with Crippen LogP contribution in [0.25, 0.3) is 11.3 Å². The van der Waals surface area contributed by atoms with E-state index in [9.17, 15) is 9.90 Å². The molecule has 7 nitrogen and oxygen atoms in total. The maximum atomic E-state index is 12.7. The monoisotopic (exact) mass is 422 g/mol. The molecule has 4 N–H and O–H groups in total. The Morgan fingerprint density at radius 3 is 2.58 bits per heavy atom.